The molecule has 1 aromatic carbocycles. The minimum Gasteiger partial charge on any atom is -0.377 e. The van der Waals surface area contributed by atoms with Gasteiger partial charge in [-0.05, 0) is 44.9 Å². The van der Waals surface area contributed by atoms with Crippen LogP contribution in [0.15, 0.2) is 28.7 Å². The molecule has 0 aliphatic carbocycles. The molecule has 1 atom stereocenters. The van der Waals surface area contributed by atoms with Crippen molar-refractivity contribution in [3.05, 3.63) is 34.3 Å². The Kier molecular flexibility index (Phi) is 5.63. The van der Waals surface area contributed by atoms with Crippen LogP contribution in [0.25, 0.3) is 0 Å². The van der Waals surface area contributed by atoms with Crippen LogP contribution in [0.5, 0.6) is 0 Å². The van der Waals surface area contributed by atoms with E-state index in [2.05, 4.69) is 66.3 Å². The Morgan fingerprint density at radius 2 is 1.88 bits per heavy atom. The first-order chi connectivity index (χ1) is 7.93. The summed E-state index contributed by atoms with van der Waals surface area (Å²) in [5.74, 6) is 0. The molecule has 3 heteroatoms. The molecule has 0 aromatic heterocycles. The van der Waals surface area contributed by atoms with E-state index >= 15 is 0 Å². The van der Waals surface area contributed by atoms with Crippen molar-refractivity contribution in [2.75, 3.05) is 13.7 Å². The molecule has 2 nitrogen and oxygen atoms in total. The Bertz CT molecular complexity index is 335. The van der Waals surface area contributed by atoms with Gasteiger partial charge in [0.15, 0.2) is 0 Å². The summed E-state index contributed by atoms with van der Waals surface area (Å²) in [5.41, 5.74) is 1.25. The summed E-state index contributed by atoms with van der Waals surface area (Å²) in [5, 5.41) is 3.50. The van der Waals surface area contributed by atoms with Crippen molar-refractivity contribution in [2.24, 2.45) is 0 Å². The number of hydrogen-bond donors (Lipinski definition) is 1. The Hall–Kier alpha value is -0.380. The number of benzene rings is 1. The lowest BCUT2D eigenvalue weighted by atomic mass is 10.1. The van der Waals surface area contributed by atoms with Gasteiger partial charge in [0.05, 0.1) is 5.60 Å². The molecular formula is C14H22BrNO. The van der Waals surface area contributed by atoms with Gasteiger partial charge >= 0.3 is 0 Å². The molecule has 0 saturated carbocycles. The molecule has 1 unspecified atom stereocenters. The molecule has 1 aromatic rings. The molecule has 1 rings (SSSR count). The second-order valence-electron chi connectivity index (χ2n) is 5.08. The highest BCUT2D eigenvalue weighted by molar-refractivity contribution is 9.10. The molecule has 1 N–H and O–H groups in total. The van der Waals surface area contributed by atoms with E-state index in [4.69, 9.17) is 4.74 Å². The van der Waals surface area contributed by atoms with Crippen LogP contribution in [0.2, 0.25) is 0 Å². The highest BCUT2D eigenvalue weighted by atomic mass is 79.9. The van der Waals surface area contributed by atoms with Gasteiger partial charge in [0.25, 0.3) is 0 Å². The van der Waals surface area contributed by atoms with Gasteiger partial charge in [0, 0.05) is 24.2 Å². The number of rotatable bonds is 6. The predicted molar refractivity (Wildman–Crippen MR) is 76.4 cm³/mol. The van der Waals surface area contributed by atoms with Crippen LogP contribution in [-0.4, -0.2) is 25.3 Å². The first-order valence-electron chi connectivity index (χ1n) is 5.96. The van der Waals surface area contributed by atoms with Crippen molar-refractivity contribution in [3.8, 4) is 0 Å². The van der Waals surface area contributed by atoms with Gasteiger partial charge in [-0.1, -0.05) is 28.1 Å². The monoisotopic (exact) mass is 299 g/mol. The van der Waals surface area contributed by atoms with Crippen LogP contribution in [0.4, 0.5) is 0 Å². The fourth-order valence-electron chi connectivity index (χ4n) is 1.54. The molecule has 17 heavy (non-hydrogen) atoms. The average molecular weight is 300 g/mol. The van der Waals surface area contributed by atoms with Crippen molar-refractivity contribution in [3.63, 3.8) is 0 Å². The second kappa shape index (κ2) is 6.53. The van der Waals surface area contributed by atoms with E-state index in [1.165, 1.54) is 5.56 Å². The summed E-state index contributed by atoms with van der Waals surface area (Å²) < 4.78 is 6.51. The Balaban J connectivity index is 2.39. The first kappa shape index (κ1) is 14.7. The van der Waals surface area contributed by atoms with Gasteiger partial charge in [0.1, 0.15) is 0 Å². The zero-order valence-electron chi connectivity index (χ0n) is 11.1. The molecule has 0 bridgehead atoms. The highest BCUT2D eigenvalue weighted by Gasteiger charge is 2.16. The third-order valence-corrected chi connectivity index (χ3v) is 3.41. The standard InChI is InChI=1S/C14H22BrNO/c1-11(16-10-14(2,3)17-4)9-12-5-7-13(15)8-6-12/h5-8,11,16H,9-10H2,1-4H3. The SMILES string of the molecule is COC(C)(C)CNC(C)Cc1ccc(Br)cc1. The lowest BCUT2D eigenvalue weighted by molar-refractivity contribution is 0.0215. The largest absolute Gasteiger partial charge is 0.377 e. The van der Waals surface area contributed by atoms with Crippen LogP contribution in [-0.2, 0) is 11.2 Å². The summed E-state index contributed by atoms with van der Waals surface area (Å²) in [6, 6.07) is 8.93. The van der Waals surface area contributed by atoms with Gasteiger partial charge in [-0.25, -0.2) is 0 Å². The molecule has 0 aliphatic rings. The molecule has 0 amide bonds. The minimum absolute atomic E-state index is 0.103. The normalized spacial score (nSPS) is 13.7. The van der Waals surface area contributed by atoms with Crippen LogP contribution in [0, 0.1) is 0 Å². The predicted octanol–water partition coefficient (Wildman–Crippen LogP) is 3.39. The summed E-state index contributed by atoms with van der Waals surface area (Å²) in [7, 11) is 1.75. The fourth-order valence-corrected chi connectivity index (χ4v) is 1.80. The summed E-state index contributed by atoms with van der Waals surface area (Å²) in [6.07, 6.45) is 1.03. The minimum atomic E-state index is -0.103. The van der Waals surface area contributed by atoms with E-state index < -0.39 is 0 Å². The van der Waals surface area contributed by atoms with E-state index in [0.29, 0.717) is 6.04 Å². The van der Waals surface area contributed by atoms with Crippen LogP contribution in [0.3, 0.4) is 0 Å². The third kappa shape index (κ3) is 5.66. The van der Waals surface area contributed by atoms with E-state index in [9.17, 15) is 0 Å². The summed E-state index contributed by atoms with van der Waals surface area (Å²) >= 11 is 3.45. The zero-order valence-corrected chi connectivity index (χ0v) is 12.7. The Morgan fingerprint density at radius 3 is 2.41 bits per heavy atom. The van der Waals surface area contributed by atoms with E-state index in [-0.39, 0.29) is 5.60 Å². The number of halogens is 1. The maximum atomic E-state index is 5.39. The number of methoxy groups -OCH3 is 1. The number of ether oxygens (including phenoxy) is 1. The molecule has 0 heterocycles. The van der Waals surface area contributed by atoms with Gasteiger partial charge in [0.2, 0.25) is 0 Å². The Morgan fingerprint density at radius 1 is 1.29 bits per heavy atom. The van der Waals surface area contributed by atoms with Gasteiger partial charge in [-0.3, -0.25) is 0 Å². The highest BCUT2D eigenvalue weighted by Crippen LogP contribution is 2.12. The molecule has 0 spiro atoms. The van der Waals surface area contributed by atoms with E-state index in [1.807, 2.05) is 0 Å². The van der Waals surface area contributed by atoms with E-state index in [0.717, 1.165) is 17.4 Å². The molecular weight excluding hydrogens is 278 g/mol. The van der Waals surface area contributed by atoms with Gasteiger partial charge in [-0.2, -0.15) is 0 Å². The van der Waals surface area contributed by atoms with Crippen molar-refractivity contribution in [1.29, 1.82) is 0 Å². The zero-order chi connectivity index (χ0) is 12.9. The fraction of sp³-hybridized carbons (Fsp3) is 0.571. The summed E-state index contributed by atoms with van der Waals surface area (Å²) in [6.45, 7) is 7.24. The van der Waals surface area contributed by atoms with Crippen molar-refractivity contribution >= 4 is 15.9 Å². The average Bonchev–Trinajstić information content (AvgIpc) is 2.30. The van der Waals surface area contributed by atoms with Gasteiger partial charge in [-0.15, -0.1) is 0 Å². The number of nitrogens with one attached hydrogen (secondary N) is 1. The van der Waals surface area contributed by atoms with Crippen LogP contribution in [0.1, 0.15) is 26.3 Å². The maximum absolute atomic E-state index is 5.39. The van der Waals surface area contributed by atoms with Crippen molar-refractivity contribution in [2.45, 2.75) is 38.8 Å². The third-order valence-electron chi connectivity index (χ3n) is 2.88. The van der Waals surface area contributed by atoms with Crippen molar-refractivity contribution < 1.29 is 4.74 Å². The van der Waals surface area contributed by atoms with Gasteiger partial charge < -0.3 is 10.1 Å². The molecule has 0 fully saturated rings. The molecule has 0 aliphatic heterocycles. The smallest absolute Gasteiger partial charge is 0.0746 e. The quantitative estimate of drug-likeness (QED) is 0.869. The van der Waals surface area contributed by atoms with Crippen LogP contribution < -0.4 is 5.32 Å². The number of hydrogen-bond acceptors (Lipinski definition) is 2. The first-order valence-corrected chi connectivity index (χ1v) is 6.75. The Labute approximate surface area is 113 Å². The lowest BCUT2D eigenvalue weighted by Gasteiger charge is -2.25. The molecule has 96 valence electrons. The maximum Gasteiger partial charge on any atom is 0.0746 e. The lowest BCUT2D eigenvalue weighted by Crippen LogP contribution is -2.41. The topological polar surface area (TPSA) is 21.3 Å². The van der Waals surface area contributed by atoms with Crippen LogP contribution >= 0.6 is 15.9 Å². The second-order valence-corrected chi connectivity index (χ2v) is 5.99. The van der Waals surface area contributed by atoms with E-state index in [1.54, 1.807) is 7.11 Å². The summed E-state index contributed by atoms with van der Waals surface area (Å²) in [4.78, 5) is 0. The molecule has 0 radical (unpaired) electrons. The van der Waals surface area contributed by atoms with Crippen molar-refractivity contribution in [1.82, 2.24) is 5.32 Å². The molecule has 0 saturated heterocycles.